The summed E-state index contributed by atoms with van der Waals surface area (Å²) in [4.78, 5) is 11.3. The van der Waals surface area contributed by atoms with Crippen molar-refractivity contribution >= 4 is 5.91 Å². The molecule has 2 N–H and O–H groups in total. The third kappa shape index (κ3) is 3.17. The van der Waals surface area contributed by atoms with Gasteiger partial charge >= 0.3 is 0 Å². The number of hydrogen-bond acceptors (Lipinski definition) is 1. The summed E-state index contributed by atoms with van der Waals surface area (Å²) in [5.74, 6) is 2.43. The molecule has 3 atom stereocenters. The molecule has 2 rings (SSSR count). The lowest BCUT2D eigenvalue weighted by molar-refractivity contribution is 0.1000. The van der Waals surface area contributed by atoms with Crippen LogP contribution in [0.15, 0.2) is 24.3 Å². The van der Waals surface area contributed by atoms with E-state index in [1.807, 2.05) is 18.2 Å². The molecule has 2 nitrogen and oxygen atoms in total. The summed E-state index contributed by atoms with van der Waals surface area (Å²) in [5.41, 5.74) is 7.33. The molecule has 1 aliphatic rings. The van der Waals surface area contributed by atoms with Crippen LogP contribution in [0.1, 0.15) is 61.9 Å². The summed E-state index contributed by atoms with van der Waals surface area (Å²) >= 11 is 0. The summed E-state index contributed by atoms with van der Waals surface area (Å²) in [6.45, 7) is 6.96. The molecular weight excluding hydrogens is 234 g/mol. The molecule has 1 saturated carbocycles. The maximum Gasteiger partial charge on any atom is 0.248 e. The van der Waals surface area contributed by atoms with Crippen molar-refractivity contribution in [2.24, 2.45) is 23.5 Å². The fraction of sp³-hybridized carbons (Fsp3) is 0.588. The Bertz CT molecular complexity index is 452. The van der Waals surface area contributed by atoms with Crippen LogP contribution in [0.5, 0.6) is 0 Å². The average molecular weight is 259 g/mol. The Morgan fingerprint density at radius 1 is 1.32 bits per heavy atom. The molecule has 1 aromatic rings. The molecule has 3 unspecified atom stereocenters. The van der Waals surface area contributed by atoms with Gasteiger partial charge in [0, 0.05) is 5.56 Å². The zero-order valence-electron chi connectivity index (χ0n) is 12.2. The molecule has 1 aliphatic carbocycles. The van der Waals surface area contributed by atoms with E-state index in [-0.39, 0.29) is 5.91 Å². The van der Waals surface area contributed by atoms with Gasteiger partial charge in [-0.15, -0.1) is 0 Å². The van der Waals surface area contributed by atoms with Gasteiger partial charge in [-0.25, -0.2) is 0 Å². The highest BCUT2D eigenvalue weighted by atomic mass is 16.1. The normalized spacial score (nSPS) is 27.5. The number of nitrogens with two attached hydrogens (primary N) is 1. The molecule has 2 heteroatoms. The Labute approximate surface area is 116 Å². The number of rotatable bonds is 3. The van der Waals surface area contributed by atoms with Gasteiger partial charge in [-0.3, -0.25) is 4.79 Å². The standard InChI is InChI=1S/C17H25NO/c1-11(2)15-8-7-12(3)9-16(15)13-5-4-6-14(10-13)17(18)19/h4-6,10-12,15-16H,7-9H2,1-3H3,(H2,18,19). The van der Waals surface area contributed by atoms with Crippen LogP contribution in [-0.2, 0) is 0 Å². The van der Waals surface area contributed by atoms with E-state index in [1.165, 1.54) is 24.8 Å². The third-order valence-corrected chi connectivity index (χ3v) is 4.62. The van der Waals surface area contributed by atoms with Crippen molar-refractivity contribution in [2.45, 2.75) is 46.0 Å². The highest BCUT2D eigenvalue weighted by Gasteiger charge is 2.31. The minimum atomic E-state index is -0.327. The highest BCUT2D eigenvalue weighted by Crippen LogP contribution is 2.43. The predicted octanol–water partition coefficient (Wildman–Crippen LogP) is 3.96. The van der Waals surface area contributed by atoms with E-state index < -0.39 is 0 Å². The van der Waals surface area contributed by atoms with Gasteiger partial charge in [-0.05, 0) is 54.2 Å². The molecule has 1 aromatic carbocycles. The van der Waals surface area contributed by atoms with E-state index in [9.17, 15) is 4.79 Å². The minimum absolute atomic E-state index is 0.327. The van der Waals surface area contributed by atoms with Crippen LogP contribution in [0.25, 0.3) is 0 Å². The van der Waals surface area contributed by atoms with Crippen LogP contribution in [0.4, 0.5) is 0 Å². The quantitative estimate of drug-likeness (QED) is 0.877. The molecule has 0 saturated heterocycles. The molecule has 0 aliphatic heterocycles. The monoisotopic (exact) mass is 259 g/mol. The molecule has 0 aromatic heterocycles. The van der Waals surface area contributed by atoms with Gasteiger partial charge in [-0.1, -0.05) is 39.3 Å². The zero-order chi connectivity index (χ0) is 14.0. The molecule has 1 fully saturated rings. The van der Waals surface area contributed by atoms with Gasteiger partial charge in [0.05, 0.1) is 0 Å². The van der Waals surface area contributed by atoms with Crippen molar-refractivity contribution in [1.82, 2.24) is 0 Å². The van der Waals surface area contributed by atoms with E-state index in [0.717, 1.165) is 11.8 Å². The fourth-order valence-corrected chi connectivity index (χ4v) is 3.51. The van der Waals surface area contributed by atoms with Gasteiger partial charge in [0.1, 0.15) is 0 Å². The summed E-state index contributed by atoms with van der Waals surface area (Å²) in [5, 5.41) is 0. The van der Waals surface area contributed by atoms with E-state index in [2.05, 4.69) is 26.8 Å². The number of amides is 1. The molecular formula is C17H25NO. The molecule has 0 heterocycles. The Morgan fingerprint density at radius 2 is 2.05 bits per heavy atom. The molecule has 0 bridgehead atoms. The van der Waals surface area contributed by atoms with E-state index in [1.54, 1.807) is 0 Å². The van der Waals surface area contributed by atoms with Gasteiger partial charge < -0.3 is 5.73 Å². The predicted molar refractivity (Wildman–Crippen MR) is 79.0 cm³/mol. The van der Waals surface area contributed by atoms with Gasteiger partial charge in [-0.2, -0.15) is 0 Å². The lowest BCUT2D eigenvalue weighted by atomic mass is 9.67. The average Bonchev–Trinajstić information content (AvgIpc) is 2.38. The van der Waals surface area contributed by atoms with Crippen molar-refractivity contribution in [3.8, 4) is 0 Å². The summed E-state index contributed by atoms with van der Waals surface area (Å²) < 4.78 is 0. The lowest BCUT2D eigenvalue weighted by Crippen LogP contribution is -2.26. The van der Waals surface area contributed by atoms with Crippen LogP contribution < -0.4 is 5.73 Å². The first-order chi connectivity index (χ1) is 8.99. The van der Waals surface area contributed by atoms with Crippen LogP contribution in [0, 0.1) is 17.8 Å². The second kappa shape index (κ2) is 5.77. The first-order valence-electron chi connectivity index (χ1n) is 7.38. The van der Waals surface area contributed by atoms with E-state index in [4.69, 9.17) is 5.73 Å². The lowest BCUT2D eigenvalue weighted by Gasteiger charge is -2.37. The smallest absolute Gasteiger partial charge is 0.248 e. The minimum Gasteiger partial charge on any atom is -0.366 e. The largest absolute Gasteiger partial charge is 0.366 e. The number of primary amides is 1. The second-order valence-electron chi connectivity index (χ2n) is 6.42. The number of benzene rings is 1. The Morgan fingerprint density at radius 3 is 2.68 bits per heavy atom. The van der Waals surface area contributed by atoms with Crippen LogP contribution >= 0.6 is 0 Å². The first kappa shape index (κ1) is 14.1. The number of carbonyl (C=O) groups is 1. The summed E-state index contributed by atoms with van der Waals surface area (Å²) in [6.07, 6.45) is 3.85. The van der Waals surface area contributed by atoms with Crippen LogP contribution in [0.2, 0.25) is 0 Å². The second-order valence-corrected chi connectivity index (χ2v) is 6.42. The van der Waals surface area contributed by atoms with Crippen molar-refractivity contribution in [1.29, 1.82) is 0 Å². The molecule has 0 radical (unpaired) electrons. The Balaban J connectivity index is 2.30. The van der Waals surface area contributed by atoms with Crippen molar-refractivity contribution in [2.75, 3.05) is 0 Å². The Kier molecular flexibility index (Phi) is 4.28. The van der Waals surface area contributed by atoms with Crippen molar-refractivity contribution in [3.63, 3.8) is 0 Å². The van der Waals surface area contributed by atoms with Crippen molar-refractivity contribution < 1.29 is 4.79 Å². The molecule has 104 valence electrons. The van der Waals surface area contributed by atoms with Crippen molar-refractivity contribution in [3.05, 3.63) is 35.4 Å². The number of hydrogen-bond donors (Lipinski definition) is 1. The molecule has 1 amide bonds. The maximum absolute atomic E-state index is 11.3. The van der Waals surface area contributed by atoms with E-state index in [0.29, 0.717) is 17.4 Å². The van der Waals surface area contributed by atoms with Crippen LogP contribution in [-0.4, -0.2) is 5.91 Å². The molecule has 0 spiro atoms. The van der Waals surface area contributed by atoms with Gasteiger partial charge in [0.15, 0.2) is 0 Å². The zero-order valence-corrected chi connectivity index (χ0v) is 12.2. The van der Waals surface area contributed by atoms with Gasteiger partial charge in [0.25, 0.3) is 0 Å². The van der Waals surface area contributed by atoms with E-state index >= 15 is 0 Å². The number of carbonyl (C=O) groups excluding carboxylic acids is 1. The third-order valence-electron chi connectivity index (χ3n) is 4.62. The fourth-order valence-electron chi connectivity index (χ4n) is 3.51. The summed E-state index contributed by atoms with van der Waals surface area (Å²) in [6, 6.07) is 7.93. The maximum atomic E-state index is 11.3. The van der Waals surface area contributed by atoms with Crippen LogP contribution in [0.3, 0.4) is 0 Å². The highest BCUT2D eigenvalue weighted by molar-refractivity contribution is 5.92. The first-order valence-corrected chi connectivity index (χ1v) is 7.38. The molecule has 19 heavy (non-hydrogen) atoms. The SMILES string of the molecule is CC1CCC(C(C)C)C(c2cccc(C(N)=O)c2)C1. The topological polar surface area (TPSA) is 43.1 Å². The summed E-state index contributed by atoms with van der Waals surface area (Å²) in [7, 11) is 0. The Hall–Kier alpha value is -1.31. The van der Waals surface area contributed by atoms with Gasteiger partial charge in [0.2, 0.25) is 5.91 Å².